The van der Waals surface area contributed by atoms with E-state index in [0.29, 0.717) is 0 Å². The second-order valence-electron chi connectivity index (χ2n) is 5.30. The molecule has 4 heteroatoms. The molecule has 1 N–H and O–H groups in total. The highest BCUT2D eigenvalue weighted by Crippen LogP contribution is 2.47. The van der Waals surface area contributed by atoms with E-state index in [9.17, 15) is 0 Å². The van der Waals surface area contributed by atoms with Crippen molar-refractivity contribution < 1.29 is 0 Å². The molecule has 92 valence electrons. The number of anilines is 1. The molecule has 0 unspecified atom stereocenters. The summed E-state index contributed by atoms with van der Waals surface area (Å²) in [6.07, 6.45) is 3.62. The number of hydrogen-bond donors (Lipinski definition) is 1. The van der Waals surface area contributed by atoms with E-state index in [2.05, 4.69) is 19.2 Å². The summed E-state index contributed by atoms with van der Waals surface area (Å²) in [6.45, 7) is 5.47. The minimum Gasteiger partial charge on any atom is -0.370 e. The van der Waals surface area contributed by atoms with Crippen LogP contribution < -0.4 is 5.32 Å². The maximum atomic E-state index is 4.78. The third kappa shape index (κ3) is 2.03. The van der Waals surface area contributed by atoms with Crippen LogP contribution in [0.25, 0.3) is 0 Å². The van der Waals surface area contributed by atoms with Crippen LogP contribution in [0, 0.1) is 0 Å². The van der Waals surface area contributed by atoms with E-state index >= 15 is 0 Å². The first-order valence-corrected chi connectivity index (χ1v) is 7.60. The standard InChI is InChI=1S/C13H19N3S/c1-3-6-14-11-9-7-17-8-10(9)15-12(16-11)13(2)4-5-13/h3-8H2,1-2H3,(H,14,15,16). The summed E-state index contributed by atoms with van der Waals surface area (Å²) in [4.78, 5) is 9.56. The van der Waals surface area contributed by atoms with Gasteiger partial charge in [-0.05, 0) is 19.3 Å². The molecule has 1 aromatic heterocycles. The quantitative estimate of drug-likeness (QED) is 0.890. The summed E-state index contributed by atoms with van der Waals surface area (Å²) in [5, 5.41) is 3.47. The summed E-state index contributed by atoms with van der Waals surface area (Å²) in [5.74, 6) is 4.29. The first-order valence-electron chi connectivity index (χ1n) is 6.45. The Morgan fingerprint density at radius 2 is 2.12 bits per heavy atom. The summed E-state index contributed by atoms with van der Waals surface area (Å²) < 4.78 is 0. The van der Waals surface area contributed by atoms with E-state index in [1.165, 1.54) is 24.1 Å². The largest absolute Gasteiger partial charge is 0.370 e. The van der Waals surface area contributed by atoms with Crippen LogP contribution >= 0.6 is 11.8 Å². The number of aromatic nitrogens is 2. The summed E-state index contributed by atoms with van der Waals surface area (Å²) in [6, 6.07) is 0. The van der Waals surface area contributed by atoms with Gasteiger partial charge in [0.1, 0.15) is 11.6 Å². The van der Waals surface area contributed by atoms with Crippen LogP contribution in [0.1, 0.15) is 50.2 Å². The molecule has 1 saturated carbocycles. The lowest BCUT2D eigenvalue weighted by molar-refractivity contribution is 0.701. The van der Waals surface area contributed by atoms with Crippen molar-refractivity contribution in [1.82, 2.24) is 9.97 Å². The predicted octanol–water partition coefficient (Wildman–Crippen LogP) is 3.10. The molecule has 0 spiro atoms. The monoisotopic (exact) mass is 249 g/mol. The molecule has 0 saturated heterocycles. The molecular formula is C13H19N3S. The SMILES string of the molecule is CCCNc1nc(C2(C)CC2)nc2c1CSC2. The Kier molecular flexibility index (Phi) is 2.77. The van der Waals surface area contributed by atoms with Gasteiger partial charge >= 0.3 is 0 Å². The Hall–Kier alpha value is -0.770. The lowest BCUT2D eigenvalue weighted by Crippen LogP contribution is -2.14. The number of rotatable bonds is 4. The highest BCUT2D eigenvalue weighted by Gasteiger charge is 2.43. The van der Waals surface area contributed by atoms with Crippen LogP contribution in [0.15, 0.2) is 0 Å². The van der Waals surface area contributed by atoms with Gasteiger partial charge in [-0.3, -0.25) is 0 Å². The van der Waals surface area contributed by atoms with Crippen molar-refractivity contribution >= 4 is 17.6 Å². The Morgan fingerprint density at radius 1 is 1.29 bits per heavy atom. The van der Waals surface area contributed by atoms with E-state index in [1.807, 2.05) is 11.8 Å². The number of thioether (sulfide) groups is 1. The smallest absolute Gasteiger partial charge is 0.136 e. The fourth-order valence-corrected chi connectivity index (χ4v) is 3.16. The topological polar surface area (TPSA) is 37.8 Å². The molecule has 0 bridgehead atoms. The van der Waals surface area contributed by atoms with Crippen LogP contribution in [0.5, 0.6) is 0 Å². The molecule has 1 aliphatic heterocycles. The average Bonchev–Trinajstić information content (AvgIpc) is 2.92. The molecule has 3 nitrogen and oxygen atoms in total. The molecular weight excluding hydrogens is 230 g/mol. The van der Waals surface area contributed by atoms with Crippen LogP contribution in [0.3, 0.4) is 0 Å². The minimum absolute atomic E-state index is 0.269. The van der Waals surface area contributed by atoms with Gasteiger partial charge in [-0.2, -0.15) is 11.8 Å². The third-order valence-electron chi connectivity index (χ3n) is 3.66. The second kappa shape index (κ2) is 4.16. The molecule has 2 heterocycles. The Morgan fingerprint density at radius 3 is 2.82 bits per heavy atom. The lowest BCUT2D eigenvalue weighted by Gasteiger charge is -2.14. The summed E-state index contributed by atoms with van der Waals surface area (Å²) in [7, 11) is 0. The first kappa shape index (κ1) is 11.3. The van der Waals surface area contributed by atoms with Crippen molar-refractivity contribution in [3.8, 4) is 0 Å². The van der Waals surface area contributed by atoms with Gasteiger partial charge < -0.3 is 5.32 Å². The van der Waals surface area contributed by atoms with Crippen molar-refractivity contribution in [2.75, 3.05) is 11.9 Å². The van der Waals surface area contributed by atoms with Crippen molar-refractivity contribution in [2.24, 2.45) is 0 Å². The van der Waals surface area contributed by atoms with Crippen molar-refractivity contribution in [1.29, 1.82) is 0 Å². The number of nitrogens with zero attached hydrogens (tertiary/aromatic N) is 2. The maximum Gasteiger partial charge on any atom is 0.136 e. The lowest BCUT2D eigenvalue weighted by atomic mass is 10.1. The van der Waals surface area contributed by atoms with Crippen molar-refractivity contribution in [3.05, 3.63) is 17.1 Å². The highest BCUT2D eigenvalue weighted by atomic mass is 32.2. The van der Waals surface area contributed by atoms with Gasteiger partial charge in [-0.1, -0.05) is 13.8 Å². The molecule has 0 atom stereocenters. The van der Waals surface area contributed by atoms with Gasteiger partial charge in [-0.15, -0.1) is 0 Å². The van der Waals surface area contributed by atoms with Crippen LogP contribution in [0.4, 0.5) is 5.82 Å². The highest BCUT2D eigenvalue weighted by molar-refractivity contribution is 7.98. The Balaban J connectivity index is 1.97. The van der Waals surface area contributed by atoms with E-state index in [4.69, 9.17) is 9.97 Å². The van der Waals surface area contributed by atoms with E-state index < -0.39 is 0 Å². The molecule has 3 rings (SSSR count). The maximum absolute atomic E-state index is 4.78. The number of fused-ring (bicyclic) bond motifs is 1. The summed E-state index contributed by atoms with van der Waals surface area (Å²) >= 11 is 1.95. The van der Waals surface area contributed by atoms with Crippen molar-refractivity contribution in [3.63, 3.8) is 0 Å². The minimum atomic E-state index is 0.269. The Bertz CT molecular complexity index is 441. The van der Waals surface area contributed by atoms with Gasteiger partial charge in [-0.25, -0.2) is 9.97 Å². The van der Waals surface area contributed by atoms with E-state index in [1.54, 1.807) is 0 Å². The summed E-state index contributed by atoms with van der Waals surface area (Å²) in [5.41, 5.74) is 2.88. The van der Waals surface area contributed by atoms with Crippen LogP contribution in [-0.2, 0) is 16.9 Å². The van der Waals surface area contributed by atoms with Gasteiger partial charge in [0.05, 0.1) is 5.69 Å². The van der Waals surface area contributed by atoms with Gasteiger partial charge in [0.25, 0.3) is 0 Å². The zero-order valence-corrected chi connectivity index (χ0v) is 11.4. The molecule has 1 aromatic rings. The number of hydrogen-bond acceptors (Lipinski definition) is 4. The first-order chi connectivity index (χ1) is 8.23. The molecule has 1 fully saturated rings. The second-order valence-corrected chi connectivity index (χ2v) is 6.29. The van der Waals surface area contributed by atoms with Gasteiger partial charge in [0.2, 0.25) is 0 Å². The van der Waals surface area contributed by atoms with Gasteiger partial charge in [0, 0.05) is 29.0 Å². The molecule has 0 radical (unpaired) electrons. The fourth-order valence-electron chi connectivity index (χ4n) is 2.12. The number of nitrogens with one attached hydrogen (secondary N) is 1. The van der Waals surface area contributed by atoms with Crippen molar-refractivity contribution in [2.45, 2.75) is 50.0 Å². The molecule has 1 aliphatic carbocycles. The molecule has 0 amide bonds. The van der Waals surface area contributed by atoms with Gasteiger partial charge in [0.15, 0.2) is 0 Å². The molecule has 0 aromatic carbocycles. The van der Waals surface area contributed by atoms with Crippen LogP contribution in [-0.4, -0.2) is 16.5 Å². The van der Waals surface area contributed by atoms with E-state index in [-0.39, 0.29) is 5.41 Å². The molecule has 2 aliphatic rings. The normalized spacial score (nSPS) is 20.1. The third-order valence-corrected chi connectivity index (χ3v) is 4.63. The zero-order valence-electron chi connectivity index (χ0n) is 10.5. The predicted molar refractivity (Wildman–Crippen MR) is 72.4 cm³/mol. The van der Waals surface area contributed by atoms with Crippen LogP contribution in [0.2, 0.25) is 0 Å². The Labute approximate surface area is 107 Å². The van der Waals surface area contributed by atoms with E-state index in [0.717, 1.165) is 36.1 Å². The molecule has 17 heavy (non-hydrogen) atoms. The average molecular weight is 249 g/mol. The fraction of sp³-hybridized carbons (Fsp3) is 0.692. The zero-order chi connectivity index (χ0) is 11.9.